The lowest BCUT2D eigenvalue weighted by molar-refractivity contribution is -0.0203. The van der Waals surface area contributed by atoms with E-state index in [1.165, 1.54) is 38.6 Å². The summed E-state index contributed by atoms with van der Waals surface area (Å²) in [6.07, 6.45) is 8.31. The number of rotatable bonds is 7. The molecule has 1 aromatic heterocycles. The average molecular weight is 358 g/mol. The second-order valence-electron chi connectivity index (χ2n) is 9.17. The summed E-state index contributed by atoms with van der Waals surface area (Å²) in [5, 5.41) is 0. The maximum Gasteiger partial charge on any atom is 0.272 e. The van der Waals surface area contributed by atoms with Crippen molar-refractivity contribution in [3.63, 3.8) is 0 Å². The van der Waals surface area contributed by atoms with Crippen molar-refractivity contribution >= 4 is 5.91 Å². The molecule has 3 heterocycles. The van der Waals surface area contributed by atoms with Crippen molar-refractivity contribution in [3.05, 3.63) is 17.7 Å². The van der Waals surface area contributed by atoms with E-state index in [1.54, 1.807) is 6.20 Å². The fraction of sp³-hybridized carbons (Fsp3) is 0.800. The lowest BCUT2D eigenvalue weighted by Crippen LogP contribution is -2.69. The summed E-state index contributed by atoms with van der Waals surface area (Å²) in [5.74, 6) is 3.24. The van der Waals surface area contributed by atoms with Crippen LogP contribution in [0.15, 0.2) is 6.20 Å². The van der Waals surface area contributed by atoms with Crippen LogP contribution >= 0.6 is 0 Å². The maximum atomic E-state index is 12.7. The van der Waals surface area contributed by atoms with Crippen molar-refractivity contribution < 1.29 is 9.53 Å². The lowest BCUT2D eigenvalue weighted by Gasteiger charge is -2.53. The van der Waals surface area contributed by atoms with Gasteiger partial charge in [-0.2, -0.15) is 0 Å². The zero-order chi connectivity index (χ0) is 17.7. The average Bonchev–Trinajstić information content (AvgIpc) is 3.49. The van der Waals surface area contributed by atoms with Crippen molar-refractivity contribution in [1.82, 2.24) is 19.8 Å². The highest BCUT2D eigenvalue weighted by molar-refractivity contribution is 5.93. The van der Waals surface area contributed by atoms with Crippen molar-refractivity contribution in [2.24, 2.45) is 17.8 Å². The largest absolute Gasteiger partial charge is 0.381 e. The molecule has 1 spiro atoms. The maximum absolute atomic E-state index is 12.7. The molecule has 4 aliphatic rings. The summed E-state index contributed by atoms with van der Waals surface area (Å²) in [7, 11) is 0. The molecule has 1 unspecified atom stereocenters. The molecule has 2 saturated carbocycles. The standard InChI is InChI=1S/C20H30N4O2/c1-14-21-7-18(22-14)19(25)23-12-20(13-23)6-17(11-26-10-16-4-5-16)9-24(20)8-15-2-3-15/h7,15-17H,2-6,8-13H2,1H3,(H,21,22). The van der Waals surface area contributed by atoms with E-state index in [1.807, 2.05) is 11.8 Å². The smallest absolute Gasteiger partial charge is 0.272 e. The van der Waals surface area contributed by atoms with E-state index >= 15 is 0 Å². The third-order valence-corrected chi connectivity index (χ3v) is 6.59. The van der Waals surface area contributed by atoms with Crippen LogP contribution in [0.4, 0.5) is 0 Å². The van der Waals surface area contributed by atoms with Crippen LogP contribution in [0.2, 0.25) is 0 Å². The molecule has 0 bridgehead atoms. The molecule has 4 fully saturated rings. The Morgan fingerprint density at radius 2 is 1.96 bits per heavy atom. The van der Waals surface area contributed by atoms with Gasteiger partial charge in [0.05, 0.1) is 18.3 Å². The van der Waals surface area contributed by atoms with Crippen LogP contribution in [0, 0.1) is 24.7 Å². The number of nitrogens with zero attached hydrogens (tertiary/aromatic N) is 3. The van der Waals surface area contributed by atoms with Crippen LogP contribution in [0.5, 0.6) is 0 Å². The molecule has 2 aliphatic carbocycles. The molecule has 1 amide bonds. The van der Waals surface area contributed by atoms with Crippen LogP contribution in [0.1, 0.15) is 48.4 Å². The topological polar surface area (TPSA) is 61.5 Å². The first-order valence-electron chi connectivity index (χ1n) is 10.2. The number of carbonyl (C=O) groups excluding carboxylic acids is 1. The van der Waals surface area contributed by atoms with Gasteiger partial charge >= 0.3 is 0 Å². The Morgan fingerprint density at radius 1 is 1.23 bits per heavy atom. The number of imidazole rings is 1. The molecule has 0 radical (unpaired) electrons. The predicted molar refractivity (Wildman–Crippen MR) is 97.9 cm³/mol. The molecule has 1 aromatic rings. The van der Waals surface area contributed by atoms with Crippen LogP contribution in [0.25, 0.3) is 0 Å². The number of aromatic nitrogens is 2. The Bertz CT molecular complexity index is 673. The minimum absolute atomic E-state index is 0.0935. The molecule has 1 N–H and O–H groups in total. The van der Waals surface area contributed by atoms with Crippen LogP contribution in [0.3, 0.4) is 0 Å². The Balaban J connectivity index is 1.20. The van der Waals surface area contributed by atoms with Gasteiger partial charge in [0.2, 0.25) is 0 Å². The molecule has 5 rings (SSSR count). The Morgan fingerprint density at radius 3 is 2.62 bits per heavy atom. The predicted octanol–water partition coefficient (Wildman–Crippen LogP) is 2.07. The Kier molecular flexibility index (Phi) is 4.09. The monoisotopic (exact) mass is 358 g/mol. The lowest BCUT2D eigenvalue weighted by atomic mass is 9.84. The first-order chi connectivity index (χ1) is 12.6. The van der Waals surface area contributed by atoms with E-state index in [0.29, 0.717) is 11.6 Å². The van der Waals surface area contributed by atoms with E-state index in [2.05, 4.69) is 14.9 Å². The van der Waals surface area contributed by atoms with Crippen molar-refractivity contribution in [1.29, 1.82) is 0 Å². The van der Waals surface area contributed by atoms with Crippen LogP contribution < -0.4 is 0 Å². The van der Waals surface area contributed by atoms with Crippen LogP contribution in [-0.4, -0.2) is 70.6 Å². The van der Waals surface area contributed by atoms with E-state index in [-0.39, 0.29) is 11.4 Å². The second-order valence-corrected chi connectivity index (χ2v) is 9.17. The summed E-state index contributed by atoms with van der Waals surface area (Å²) in [6, 6.07) is 0. The van der Waals surface area contributed by atoms with Crippen molar-refractivity contribution in [2.75, 3.05) is 39.4 Å². The van der Waals surface area contributed by atoms with Crippen molar-refractivity contribution in [2.45, 2.75) is 44.6 Å². The molecule has 0 aromatic carbocycles. The normalized spacial score (nSPS) is 27.9. The van der Waals surface area contributed by atoms with E-state index in [4.69, 9.17) is 4.74 Å². The molecule has 2 saturated heterocycles. The summed E-state index contributed by atoms with van der Waals surface area (Å²) < 4.78 is 6.00. The number of carbonyl (C=O) groups is 1. The van der Waals surface area contributed by atoms with Gasteiger partial charge in [-0.05, 0) is 56.8 Å². The number of aryl methyl sites for hydroxylation is 1. The van der Waals surface area contributed by atoms with Gasteiger partial charge in [-0.15, -0.1) is 0 Å². The highest BCUT2D eigenvalue weighted by Crippen LogP contribution is 2.44. The molecule has 1 atom stereocenters. The summed E-state index contributed by atoms with van der Waals surface area (Å²) in [6.45, 7) is 7.81. The quantitative estimate of drug-likeness (QED) is 0.811. The first kappa shape index (κ1) is 16.8. The minimum Gasteiger partial charge on any atom is -0.381 e. The zero-order valence-electron chi connectivity index (χ0n) is 15.7. The molecule has 2 aliphatic heterocycles. The van der Waals surface area contributed by atoms with E-state index in [0.717, 1.165) is 50.5 Å². The fourth-order valence-corrected chi connectivity index (χ4v) is 4.75. The molecule has 26 heavy (non-hydrogen) atoms. The Labute approximate surface area is 155 Å². The highest BCUT2D eigenvalue weighted by Gasteiger charge is 2.55. The van der Waals surface area contributed by atoms with Gasteiger partial charge in [0.15, 0.2) is 0 Å². The fourth-order valence-electron chi connectivity index (χ4n) is 4.75. The summed E-state index contributed by atoms with van der Waals surface area (Å²) >= 11 is 0. The number of nitrogens with one attached hydrogen (secondary N) is 1. The number of H-pyrrole nitrogens is 1. The zero-order valence-corrected chi connectivity index (χ0v) is 15.7. The number of ether oxygens (including phenoxy) is 1. The minimum atomic E-state index is 0.0935. The highest BCUT2D eigenvalue weighted by atomic mass is 16.5. The van der Waals surface area contributed by atoms with E-state index in [9.17, 15) is 4.79 Å². The molecule has 6 heteroatoms. The van der Waals surface area contributed by atoms with Gasteiger partial charge in [0.25, 0.3) is 5.91 Å². The SMILES string of the molecule is Cc1ncc(C(=O)N2CC3(CC(COCC4CC4)CN3CC3CC3)C2)[nH]1. The number of hydrogen-bond donors (Lipinski definition) is 1. The number of aromatic amines is 1. The molecular weight excluding hydrogens is 328 g/mol. The third kappa shape index (κ3) is 3.29. The molecular formula is C20H30N4O2. The van der Waals surface area contributed by atoms with Crippen molar-refractivity contribution in [3.8, 4) is 0 Å². The van der Waals surface area contributed by atoms with Gasteiger partial charge in [-0.3, -0.25) is 9.69 Å². The Hall–Kier alpha value is -1.40. The summed E-state index contributed by atoms with van der Waals surface area (Å²) in [4.78, 5) is 24.6. The van der Waals surface area contributed by atoms with Gasteiger partial charge in [-0.25, -0.2) is 4.98 Å². The van der Waals surface area contributed by atoms with Crippen LogP contribution in [-0.2, 0) is 4.74 Å². The number of hydrogen-bond acceptors (Lipinski definition) is 4. The molecule has 6 nitrogen and oxygen atoms in total. The van der Waals surface area contributed by atoms with Gasteiger partial charge in [-0.1, -0.05) is 0 Å². The van der Waals surface area contributed by atoms with Gasteiger partial charge in [0, 0.05) is 32.8 Å². The summed E-state index contributed by atoms with van der Waals surface area (Å²) in [5.41, 5.74) is 0.814. The third-order valence-electron chi connectivity index (χ3n) is 6.59. The van der Waals surface area contributed by atoms with Gasteiger partial charge < -0.3 is 14.6 Å². The number of amides is 1. The van der Waals surface area contributed by atoms with Gasteiger partial charge in [0.1, 0.15) is 11.5 Å². The second kappa shape index (κ2) is 6.34. The van der Waals surface area contributed by atoms with E-state index < -0.39 is 0 Å². The number of likely N-dealkylation sites (tertiary alicyclic amines) is 2. The first-order valence-corrected chi connectivity index (χ1v) is 10.2. The molecule has 142 valence electrons.